The van der Waals surface area contributed by atoms with Crippen molar-refractivity contribution in [1.29, 1.82) is 0 Å². The lowest BCUT2D eigenvalue weighted by atomic mass is 10.0. The van der Waals surface area contributed by atoms with E-state index in [1.54, 1.807) is 18.2 Å². The van der Waals surface area contributed by atoms with Crippen LogP contribution in [0, 0.1) is 16.0 Å². The first-order chi connectivity index (χ1) is 9.09. The molecule has 0 heterocycles. The van der Waals surface area contributed by atoms with Gasteiger partial charge in [-0.3, -0.25) is 14.9 Å². The van der Waals surface area contributed by atoms with Gasteiger partial charge in [0, 0.05) is 24.2 Å². The van der Waals surface area contributed by atoms with Crippen molar-refractivity contribution in [3.63, 3.8) is 0 Å². The number of para-hydroxylation sites is 1. The zero-order chi connectivity index (χ0) is 13.8. The van der Waals surface area contributed by atoms with Gasteiger partial charge in [-0.1, -0.05) is 24.6 Å². The molecule has 0 spiro atoms. The fraction of sp³-hybridized carbons (Fsp3) is 0.462. The van der Waals surface area contributed by atoms with E-state index in [0.717, 1.165) is 19.3 Å². The molecular weight excluding hydrogens is 282 g/mol. The van der Waals surface area contributed by atoms with Crippen molar-refractivity contribution in [2.24, 2.45) is 11.7 Å². The van der Waals surface area contributed by atoms with Crippen LogP contribution in [0.4, 0.5) is 5.69 Å². The van der Waals surface area contributed by atoms with E-state index < -0.39 is 4.92 Å². The summed E-state index contributed by atoms with van der Waals surface area (Å²) in [6, 6.07) is 6.31. The number of nitrogens with zero attached hydrogens (tertiary/aromatic N) is 1. The Hall–Kier alpha value is -1.66. The molecule has 0 saturated heterocycles. The Morgan fingerprint density at radius 3 is 2.70 bits per heavy atom. The molecule has 20 heavy (non-hydrogen) atoms. The summed E-state index contributed by atoms with van der Waals surface area (Å²) in [5.41, 5.74) is 6.39. The van der Waals surface area contributed by atoms with Gasteiger partial charge in [-0.15, -0.1) is 12.4 Å². The Balaban J connectivity index is 0.00000200. The Labute approximate surface area is 123 Å². The van der Waals surface area contributed by atoms with E-state index in [2.05, 4.69) is 5.32 Å². The second kappa shape index (κ2) is 7.21. The van der Waals surface area contributed by atoms with Crippen LogP contribution in [0.25, 0.3) is 0 Å². The number of rotatable bonds is 4. The maximum absolute atomic E-state index is 11.9. The highest BCUT2D eigenvalue weighted by Gasteiger charge is 2.30. The molecule has 2 unspecified atom stereocenters. The van der Waals surface area contributed by atoms with Crippen LogP contribution in [0.1, 0.15) is 24.8 Å². The molecular formula is C13H18ClN3O3. The van der Waals surface area contributed by atoms with E-state index in [1.807, 2.05) is 0 Å². The first kappa shape index (κ1) is 16.4. The highest BCUT2D eigenvalue weighted by atomic mass is 35.5. The fourth-order valence-corrected chi connectivity index (χ4v) is 2.47. The second-order valence-corrected chi connectivity index (χ2v) is 4.80. The molecule has 0 aliphatic heterocycles. The summed E-state index contributed by atoms with van der Waals surface area (Å²) in [7, 11) is 0. The predicted molar refractivity (Wildman–Crippen MR) is 77.5 cm³/mol. The normalized spacial score (nSPS) is 21.1. The van der Waals surface area contributed by atoms with E-state index >= 15 is 0 Å². The quantitative estimate of drug-likeness (QED) is 0.653. The zero-order valence-electron chi connectivity index (χ0n) is 11.0. The number of carbonyl (C=O) groups excluding carboxylic acids is 1. The summed E-state index contributed by atoms with van der Waals surface area (Å²) in [4.78, 5) is 22.4. The van der Waals surface area contributed by atoms with Crippen LogP contribution in [-0.2, 0) is 11.3 Å². The smallest absolute Gasteiger partial charge is 0.274 e. The van der Waals surface area contributed by atoms with Gasteiger partial charge >= 0.3 is 0 Å². The lowest BCUT2D eigenvalue weighted by molar-refractivity contribution is -0.385. The third-order valence-electron chi connectivity index (χ3n) is 3.55. The number of nitrogens with two attached hydrogens (primary N) is 1. The van der Waals surface area contributed by atoms with Gasteiger partial charge in [0.2, 0.25) is 5.91 Å². The monoisotopic (exact) mass is 299 g/mol. The summed E-state index contributed by atoms with van der Waals surface area (Å²) in [6.07, 6.45) is 2.62. The van der Waals surface area contributed by atoms with E-state index in [0.29, 0.717) is 5.56 Å². The van der Waals surface area contributed by atoms with Gasteiger partial charge in [-0.25, -0.2) is 0 Å². The van der Waals surface area contributed by atoms with Gasteiger partial charge in [0.25, 0.3) is 5.69 Å². The Morgan fingerprint density at radius 2 is 2.10 bits per heavy atom. The molecule has 2 atom stereocenters. The first-order valence-electron chi connectivity index (χ1n) is 6.35. The van der Waals surface area contributed by atoms with Crippen LogP contribution in [0.3, 0.4) is 0 Å². The van der Waals surface area contributed by atoms with Crippen molar-refractivity contribution < 1.29 is 9.72 Å². The number of benzene rings is 1. The van der Waals surface area contributed by atoms with Gasteiger partial charge in [-0.2, -0.15) is 0 Å². The van der Waals surface area contributed by atoms with Crippen LogP contribution < -0.4 is 11.1 Å². The van der Waals surface area contributed by atoms with Gasteiger partial charge in [0.1, 0.15) is 0 Å². The van der Waals surface area contributed by atoms with Crippen LogP contribution in [-0.4, -0.2) is 16.9 Å². The minimum absolute atomic E-state index is 0. The van der Waals surface area contributed by atoms with E-state index in [1.165, 1.54) is 6.07 Å². The summed E-state index contributed by atoms with van der Waals surface area (Å²) >= 11 is 0. The van der Waals surface area contributed by atoms with Crippen molar-refractivity contribution in [1.82, 2.24) is 5.32 Å². The molecule has 1 aromatic carbocycles. The van der Waals surface area contributed by atoms with E-state index in [9.17, 15) is 14.9 Å². The lowest BCUT2D eigenvalue weighted by Crippen LogP contribution is -2.38. The van der Waals surface area contributed by atoms with Crippen molar-refractivity contribution in [3.05, 3.63) is 39.9 Å². The fourth-order valence-electron chi connectivity index (χ4n) is 2.47. The topological polar surface area (TPSA) is 98.3 Å². The molecule has 6 nitrogen and oxygen atoms in total. The minimum Gasteiger partial charge on any atom is -0.351 e. The highest BCUT2D eigenvalue weighted by Crippen LogP contribution is 2.24. The van der Waals surface area contributed by atoms with Crippen molar-refractivity contribution in [2.45, 2.75) is 31.8 Å². The molecule has 1 amide bonds. The minimum atomic E-state index is -0.442. The highest BCUT2D eigenvalue weighted by molar-refractivity contribution is 5.85. The molecule has 7 heteroatoms. The maximum Gasteiger partial charge on any atom is 0.274 e. The molecule has 1 saturated carbocycles. The molecule has 1 aromatic rings. The lowest BCUT2D eigenvalue weighted by Gasteiger charge is -2.15. The van der Waals surface area contributed by atoms with Crippen molar-refractivity contribution >= 4 is 24.0 Å². The maximum atomic E-state index is 11.9. The van der Waals surface area contributed by atoms with E-state index in [-0.39, 0.29) is 42.5 Å². The third-order valence-corrected chi connectivity index (χ3v) is 3.55. The molecule has 1 aliphatic carbocycles. The number of nitrogens with one attached hydrogen (secondary N) is 1. The average molecular weight is 300 g/mol. The molecule has 110 valence electrons. The van der Waals surface area contributed by atoms with Gasteiger partial charge < -0.3 is 11.1 Å². The molecule has 0 radical (unpaired) electrons. The zero-order valence-corrected chi connectivity index (χ0v) is 11.8. The molecule has 1 aliphatic rings. The number of nitro groups is 1. The third kappa shape index (κ3) is 3.68. The summed E-state index contributed by atoms with van der Waals surface area (Å²) in [5, 5.41) is 13.6. The first-order valence-corrected chi connectivity index (χ1v) is 6.35. The van der Waals surface area contributed by atoms with Gasteiger partial charge in [-0.05, 0) is 12.8 Å². The largest absolute Gasteiger partial charge is 0.351 e. The van der Waals surface area contributed by atoms with Crippen LogP contribution in [0.2, 0.25) is 0 Å². The van der Waals surface area contributed by atoms with Crippen LogP contribution in [0.5, 0.6) is 0 Å². The van der Waals surface area contributed by atoms with Crippen LogP contribution >= 0.6 is 12.4 Å². The summed E-state index contributed by atoms with van der Waals surface area (Å²) < 4.78 is 0. The number of nitro benzene ring substituents is 1. The summed E-state index contributed by atoms with van der Waals surface area (Å²) in [5.74, 6) is -0.272. The molecule has 1 fully saturated rings. The van der Waals surface area contributed by atoms with Crippen LogP contribution in [0.15, 0.2) is 24.3 Å². The number of amides is 1. The second-order valence-electron chi connectivity index (χ2n) is 4.80. The summed E-state index contributed by atoms with van der Waals surface area (Å²) in [6.45, 7) is 0.166. The number of hydrogen-bond acceptors (Lipinski definition) is 4. The average Bonchev–Trinajstić information content (AvgIpc) is 2.82. The molecule has 3 N–H and O–H groups in total. The Kier molecular flexibility index (Phi) is 5.91. The van der Waals surface area contributed by atoms with Gasteiger partial charge in [0.15, 0.2) is 0 Å². The SMILES string of the molecule is Cl.NC1CCCC1C(=O)NCc1ccccc1[N+](=O)[O-]. The number of halogens is 1. The molecule has 0 aromatic heterocycles. The number of hydrogen-bond donors (Lipinski definition) is 2. The standard InChI is InChI=1S/C13H17N3O3.ClH/c14-11-6-3-5-10(11)13(17)15-8-9-4-1-2-7-12(9)16(18)19;/h1-2,4,7,10-11H,3,5-6,8,14H2,(H,15,17);1H. The number of carbonyl (C=O) groups is 1. The Bertz CT molecular complexity index is 496. The molecule has 0 bridgehead atoms. The van der Waals surface area contributed by atoms with Crippen molar-refractivity contribution in [3.8, 4) is 0 Å². The molecule has 2 rings (SSSR count). The predicted octanol–water partition coefficient (Wildman–Crippen LogP) is 1.76. The van der Waals surface area contributed by atoms with E-state index in [4.69, 9.17) is 5.73 Å². The van der Waals surface area contributed by atoms with Gasteiger partial charge in [0.05, 0.1) is 10.8 Å². The van der Waals surface area contributed by atoms with Crippen molar-refractivity contribution in [2.75, 3.05) is 0 Å². The Morgan fingerprint density at radius 1 is 1.40 bits per heavy atom.